The van der Waals surface area contributed by atoms with Crippen LogP contribution in [0.1, 0.15) is 16.7 Å². The molecule has 0 radical (unpaired) electrons. The van der Waals surface area contributed by atoms with Crippen LogP contribution < -0.4 is 9.46 Å². The van der Waals surface area contributed by atoms with Crippen molar-refractivity contribution in [3.63, 3.8) is 0 Å². The third-order valence-electron chi connectivity index (χ3n) is 3.28. The normalized spacial score (nSPS) is 11.0. The lowest BCUT2D eigenvalue weighted by Crippen LogP contribution is -2.28. The maximum atomic E-state index is 12.1. The molecule has 0 aliphatic carbocycles. The van der Waals surface area contributed by atoms with Crippen molar-refractivity contribution in [2.45, 2.75) is 18.7 Å². The van der Waals surface area contributed by atoms with Gasteiger partial charge in [0.2, 0.25) is 10.0 Å². The molecule has 2 aromatic rings. The summed E-state index contributed by atoms with van der Waals surface area (Å²) in [6, 6.07) is 13.5. The minimum atomic E-state index is -3.60. The monoisotopic (exact) mass is 330 g/mol. The van der Waals surface area contributed by atoms with Crippen molar-refractivity contribution in [1.82, 2.24) is 4.72 Å². The van der Waals surface area contributed by atoms with Gasteiger partial charge in [0, 0.05) is 6.54 Å². The van der Waals surface area contributed by atoms with E-state index in [0.29, 0.717) is 5.56 Å². The molecule has 120 valence electrons. The molecule has 0 spiro atoms. The smallest absolute Gasteiger partial charge is 0.240 e. The molecule has 0 fully saturated rings. The Morgan fingerprint density at radius 3 is 2.43 bits per heavy atom. The number of hydrogen-bond acceptors (Lipinski definition) is 4. The van der Waals surface area contributed by atoms with Gasteiger partial charge >= 0.3 is 0 Å². The van der Waals surface area contributed by atoms with E-state index in [1.807, 2.05) is 38.1 Å². The molecule has 0 aromatic heterocycles. The number of rotatable bonds is 6. The Hall–Kier alpha value is -2.36. The SMILES string of the molecule is Cc1ccc(OCCNS(=O)(=O)c2ccc(C#N)cc2)c(C)c1. The van der Waals surface area contributed by atoms with Crippen LogP contribution in [0.15, 0.2) is 47.4 Å². The topological polar surface area (TPSA) is 79.2 Å². The number of ether oxygens (including phenoxy) is 1. The molecule has 0 saturated heterocycles. The molecule has 1 N–H and O–H groups in total. The molecular formula is C17H18N2O3S. The van der Waals surface area contributed by atoms with Gasteiger partial charge in [0.15, 0.2) is 0 Å². The van der Waals surface area contributed by atoms with E-state index < -0.39 is 10.0 Å². The lowest BCUT2D eigenvalue weighted by atomic mass is 10.1. The predicted molar refractivity (Wildman–Crippen MR) is 87.8 cm³/mol. The molecule has 0 aliphatic heterocycles. The Morgan fingerprint density at radius 2 is 1.83 bits per heavy atom. The summed E-state index contributed by atoms with van der Waals surface area (Å²) in [5.74, 6) is 0.744. The second-order valence-electron chi connectivity index (χ2n) is 5.15. The maximum absolute atomic E-state index is 12.1. The van der Waals surface area contributed by atoms with Gasteiger partial charge in [0.25, 0.3) is 0 Å². The van der Waals surface area contributed by atoms with Crippen LogP contribution in [-0.4, -0.2) is 21.6 Å². The molecule has 0 amide bonds. The van der Waals surface area contributed by atoms with Crippen LogP contribution in [0.25, 0.3) is 0 Å². The Balaban J connectivity index is 1.90. The van der Waals surface area contributed by atoms with Crippen LogP contribution in [0.2, 0.25) is 0 Å². The van der Waals surface area contributed by atoms with E-state index in [4.69, 9.17) is 10.00 Å². The van der Waals surface area contributed by atoms with Crippen LogP contribution in [-0.2, 0) is 10.0 Å². The summed E-state index contributed by atoms with van der Waals surface area (Å²) < 4.78 is 32.3. The summed E-state index contributed by atoms with van der Waals surface area (Å²) in [6.07, 6.45) is 0. The molecule has 6 heteroatoms. The highest BCUT2D eigenvalue weighted by molar-refractivity contribution is 7.89. The largest absolute Gasteiger partial charge is 0.492 e. The van der Waals surface area contributed by atoms with Gasteiger partial charge in [0.1, 0.15) is 12.4 Å². The molecule has 0 atom stereocenters. The second kappa shape index (κ2) is 7.27. The van der Waals surface area contributed by atoms with E-state index in [0.717, 1.165) is 16.9 Å². The zero-order chi connectivity index (χ0) is 16.9. The second-order valence-corrected chi connectivity index (χ2v) is 6.92. The van der Waals surface area contributed by atoms with Crippen LogP contribution in [0.3, 0.4) is 0 Å². The summed E-state index contributed by atoms with van der Waals surface area (Å²) in [4.78, 5) is 0.128. The van der Waals surface area contributed by atoms with Gasteiger partial charge in [-0.1, -0.05) is 17.7 Å². The van der Waals surface area contributed by atoms with E-state index >= 15 is 0 Å². The number of aryl methyl sites for hydroxylation is 2. The first-order chi connectivity index (χ1) is 10.9. The minimum absolute atomic E-state index is 0.128. The molecular weight excluding hydrogens is 312 g/mol. The first-order valence-corrected chi connectivity index (χ1v) is 8.60. The average Bonchev–Trinajstić information content (AvgIpc) is 2.53. The minimum Gasteiger partial charge on any atom is -0.492 e. The number of nitrogens with one attached hydrogen (secondary N) is 1. The van der Waals surface area contributed by atoms with E-state index in [9.17, 15) is 8.42 Å². The van der Waals surface area contributed by atoms with E-state index in [2.05, 4.69) is 4.72 Å². The molecule has 0 unspecified atom stereocenters. The zero-order valence-electron chi connectivity index (χ0n) is 13.0. The summed E-state index contributed by atoms with van der Waals surface area (Å²) in [5.41, 5.74) is 2.58. The highest BCUT2D eigenvalue weighted by Crippen LogP contribution is 2.18. The van der Waals surface area contributed by atoms with Gasteiger partial charge in [-0.2, -0.15) is 5.26 Å². The van der Waals surface area contributed by atoms with Gasteiger partial charge in [0.05, 0.1) is 16.5 Å². The lowest BCUT2D eigenvalue weighted by Gasteiger charge is -2.11. The fourth-order valence-corrected chi connectivity index (χ4v) is 3.10. The number of benzene rings is 2. The summed E-state index contributed by atoms with van der Waals surface area (Å²) in [7, 11) is -3.60. The summed E-state index contributed by atoms with van der Waals surface area (Å²) >= 11 is 0. The first-order valence-electron chi connectivity index (χ1n) is 7.12. The quantitative estimate of drug-likeness (QED) is 0.826. The average molecular weight is 330 g/mol. The fourth-order valence-electron chi connectivity index (χ4n) is 2.09. The molecule has 0 bridgehead atoms. The third kappa shape index (κ3) is 4.55. The van der Waals surface area contributed by atoms with Crippen LogP contribution >= 0.6 is 0 Å². The lowest BCUT2D eigenvalue weighted by molar-refractivity contribution is 0.320. The van der Waals surface area contributed by atoms with Crippen molar-refractivity contribution >= 4 is 10.0 Å². The van der Waals surface area contributed by atoms with Crippen LogP contribution in [0.5, 0.6) is 5.75 Å². The van der Waals surface area contributed by atoms with E-state index in [1.54, 1.807) is 0 Å². The van der Waals surface area contributed by atoms with Gasteiger partial charge in [-0.15, -0.1) is 0 Å². The highest BCUT2D eigenvalue weighted by atomic mass is 32.2. The molecule has 0 saturated carbocycles. The molecule has 5 nitrogen and oxygen atoms in total. The highest BCUT2D eigenvalue weighted by Gasteiger charge is 2.13. The molecule has 2 rings (SSSR count). The van der Waals surface area contributed by atoms with Gasteiger partial charge < -0.3 is 4.74 Å². The number of nitrogens with zero attached hydrogens (tertiary/aromatic N) is 1. The first kappa shape index (κ1) is 17.0. The zero-order valence-corrected chi connectivity index (χ0v) is 13.9. The molecule has 2 aromatic carbocycles. The number of hydrogen-bond donors (Lipinski definition) is 1. The fraction of sp³-hybridized carbons (Fsp3) is 0.235. The predicted octanol–water partition coefficient (Wildman–Crippen LogP) is 2.53. The van der Waals surface area contributed by atoms with E-state index in [-0.39, 0.29) is 18.0 Å². The Labute approximate surface area is 136 Å². The van der Waals surface area contributed by atoms with Crippen molar-refractivity contribution in [3.8, 4) is 11.8 Å². The van der Waals surface area contributed by atoms with Crippen molar-refractivity contribution in [2.75, 3.05) is 13.2 Å². The molecule has 0 aliphatic rings. The van der Waals surface area contributed by atoms with Crippen molar-refractivity contribution in [3.05, 3.63) is 59.2 Å². The van der Waals surface area contributed by atoms with Gasteiger partial charge in [-0.3, -0.25) is 0 Å². The Morgan fingerprint density at radius 1 is 1.13 bits per heavy atom. The Bertz CT molecular complexity index is 822. The number of nitriles is 1. The molecule has 0 heterocycles. The maximum Gasteiger partial charge on any atom is 0.240 e. The van der Waals surface area contributed by atoms with Gasteiger partial charge in [-0.05, 0) is 49.7 Å². The Kier molecular flexibility index (Phi) is 5.37. The molecule has 23 heavy (non-hydrogen) atoms. The van der Waals surface area contributed by atoms with Crippen LogP contribution in [0, 0.1) is 25.2 Å². The summed E-state index contributed by atoms with van der Waals surface area (Å²) in [5, 5.41) is 8.72. The van der Waals surface area contributed by atoms with Crippen molar-refractivity contribution in [1.29, 1.82) is 5.26 Å². The summed E-state index contributed by atoms with van der Waals surface area (Å²) in [6.45, 7) is 4.35. The van der Waals surface area contributed by atoms with Crippen molar-refractivity contribution < 1.29 is 13.2 Å². The van der Waals surface area contributed by atoms with E-state index in [1.165, 1.54) is 24.3 Å². The van der Waals surface area contributed by atoms with Crippen molar-refractivity contribution in [2.24, 2.45) is 0 Å². The van der Waals surface area contributed by atoms with Gasteiger partial charge in [-0.25, -0.2) is 13.1 Å². The number of sulfonamides is 1. The van der Waals surface area contributed by atoms with Crippen LogP contribution in [0.4, 0.5) is 0 Å². The standard InChI is InChI=1S/C17H18N2O3S/c1-13-3-8-17(14(2)11-13)22-10-9-19-23(20,21)16-6-4-15(12-18)5-7-16/h3-8,11,19H,9-10H2,1-2H3. The third-order valence-corrected chi connectivity index (χ3v) is 4.75.